The number of halogens is 1. The Morgan fingerprint density at radius 1 is 1.26 bits per heavy atom. The lowest BCUT2D eigenvalue weighted by atomic mass is 10.1. The van der Waals surface area contributed by atoms with Gasteiger partial charge in [0.25, 0.3) is 0 Å². The molecule has 1 aromatic heterocycles. The Labute approximate surface area is 138 Å². The van der Waals surface area contributed by atoms with E-state index in [0.29, 0.717) is 23.8 Å². The number of hydrogen-bond donors (Lipinski definition) is 1. The molecule has 1 amide bonds. The van der Waals surface area contributed by atoms with Crippen molar-refractivity contribution in [2.24, 2.45) is 0 Å². The number of nitrogen functional groups attached to an aromatic ring is 1. The van der Waals surface area contributed by atoms with Crippen LogP contribution in [-0.2, 0) is 17.8 Å². The number of thiazole rings is 1. The Kier molecular flexibility index (Phi) is 4.88. The lowest BCUT2D eigenvalue weighted by molar-refractivity contribution is -0.132. The normalized spacial score (nSPS) is 15.8. The van der Waals surface area contributed by atoms with E-state index in [1.807, 2.05) is 4.90 Å². The Morgan fingerprint density at radius 3 is 2.65 bits per heavy atom. The molecule has 0 spiro atoms. The van der Waals surface area contributed by atoms with Crippen LogP contribution in [0.2, 0.25) is 0 Å². The quantitative estimate of drug-likeness (QED) is 0.925. The number of aromatic nitrogens is 1. The van der Waals surface area contributed by atoms with Gasteiger partial charge in [0.2, 0.25) is 5.91 Å². The molecule has 3 rings (SSSR count). The number of carbonyl (C=O) groups is 1. The molecule has 0 aliphatic carbocycles. The molecule has 122 valence electrons. The molecule has 0 atom stereocenters. The summed E-state index contributed by atoms with van der Waals surface area (Å²) in [6, 6.07) is 6.44. The predicted octanol–water partition coefficient (Wildman–Crippen LogP) is 1.75. The van der Waals surface area contributed by atoms with Gasteiger partial charge in [-0.05, 0) is 11.6 Å². The molecule has 1 aliphatic rings. The molecular formula is C16H19FN4OS. The van der Waals surface area contributed by atoms with Crippen molar-refractivity contribution >= 4 is 22.4 Å². The fraction of sp³-hybridized carbons (Fsp3) is 0.375. The van der Waals surface area contributed by atoms with Gasteiger partial charge in [0, 0.05) is 43.8 Å². The van der Waals surface area contributed by atoms with Gasteiger partial charge >= 0.3 is 0 Å². The molecule has 7 heteroatoms. The summed E-state index contributed by atoms with van der Waals surface area (Å²) in [5, 5.41) is 0.582. The molecule has 1 aliphatic heterocycles. The number of nitrogens with two attached hydrogens (primary N) is 1. The number of nitrogens with zero attached hydrogens (tertiary/aromatic N) is 3. The summed E-state index contributed by atoms with van der Waals surface area (Å²) in [7, 11) is 0. The van der Waals surface area contributed by atoms with Crippen molar-refractivity contribution in [2.45, 2.75) is 13.0 Å². The van der Waals surface area contributed by atoms with Gasteiger partial charge in [-0.2, -0.15) is 0 Å². The van der Waals surface area contributed by atoms with Gasteiger partial charge in [-0.25, -0.2) is 9.37 Å². The Hall–Kier alpha value is -1.99. The average Bonchev–Trinajstić information content (AvgIpc) is 2.95. The highest BCUT2D eigenvalue weighted by Crippen LogP contribution is 2.18. The van der Waals surface area contributed by atoms with Gasteiger partial charge in [0.1, 0.15) is 5.82 Å². The third kappa shape index (κ3) is 4.05. The minimum atomic E-state index is -0.317. The summed E-state index contributed by atoms with van der Waals surface area (Å²) in [5.41, 5.74) is 6.09. The third-order valence-electron chi connectivity index (χ3n) is 3.98. The standard InChI is InChI=1S/C16H19FN4OS/c17-14-4-2-1-3-12(14)9-15(22)21-7-5-20(6-8-21)11-13-10-19-16(18)23-13/h1-4,10H,5-9,11H2,(H2,18,19). The molecule has 1 saturated heterocycles. The molecule has 5 nitrogen and oxygen atoms in total. The van der Waals surface area contributed by atoms with Crippen LogP contribution in [0.4, 0.5) is 9.52 Å². The van der Waals surface area contributed by atoms with Crippen LogP contribution >= 0.6 is 11.3 Å². The van der Waals surface area contributed by atoms with Gasteiger partial charge in [-0.1, -0.05) is 18.2 Å². The first-order valence-corrected chi connectivity index (χ1v) is 8.37. The minimum absolute atomic E-state index is 0.0169. The summed E-state index contributed by atoms with van der Waals surface area (Å²) < 4.78 is 13.6. The van der Waals surface area contributed by atoms with E-state index in [1.54, 1.807) is 24.4 Å². The molecule has 2 heterocycles. The second-order valence-electron chi connectivity index (χ2n) is 5.59. The van der Waals surface area contributed by atoms with Gasteiger partial charge in [-0.3, -0.25) is 9.69 Å². The largest absolute Gasteiger partial charge is 0.375 e. The molecule has 0 bridgehead atoms. The Balaban J connectivity index is 1.50. The molecule has 0 unspecified atom stereocenters. The van der Waals surface area contributed by atoms with Crippen molar-refractivity contribution < 1.29 is 9.18 Å². The zero-order valence-corrected chi connectivity index (χ0v) is 13.6. The van der Waals surface area contributed by atoms with E-state index in [9.17, 15) is 9.18 Å². The number of carbonyl (C=O) groups excluding carboxylic acids is 1. The summed E-state index contributed by atoms with van der Waals surface area (Å²) in [6.45, 7) is 3.76. The maximum Gasteiger partial charge on any atom is 0.227 e. The number of piperazine rings is 1. The molecule has 2 aromatic rings. The van der Waals surface area contributed by atoms with Crippen molar-refractivity contribution in [3.8, 4) is 0 Å². The fourth-order valence-electron chi connectivity index (χ4n) is 2.69. The average molecular weight is 334 g/mol. The van der Waals surface area contributed by atoms with Gasteiger partial charge < -0.3 is 10.6 Å². The van der Waals surface area contributed by atoms with E-state index in [4.69, 9.17) is 5.73 Å². The summed E-state index contributed by atoms with van der Waals surface area (Å²) in [4.78, 5) is 21.6. The molecule has 23 heavy (non-hydrogen) atoms. The van der Waals surface area contributed by atoms with Crippen molar-refractivity contribution in [3.63, 3.8) is 0 Å². The number of amides is 1. The highest BCUT2D eigenvalue weighted by Gasteiger charge is 2.22. The van der Waals surface area contributed by atoms with Gasteiger partial charge in [0.15, 0.2) is 5.13 Å². The molecule has 0 saturated carbocycles. The first-order valence-electron chi connectivity index (χ1n) is 7.55. The number of hydrogen-bond acceptors (Lipinski definition) is 5. The number of anilines is 1. The van der Waals surface area contributed by atoms with Crippen LogP contribution in [0.5, 0.6) is 0 Å². The van der Waals surface area contributed by atoms with E-state index in [0.717, 1.165) is 24.5 Å². The summed E-state index contributed by atoms with van der Waals surface area (Å²) >= 11 is 1.49. The van der Waals surface area contributed by atoms with Crippen LogP contribution in [0.25, 0.3) is 0 Å². The van der Waals surface area contributed by atoms with Crippen LogP contribution in [0.15, 0.2) is 30.5 Å². The first-order chi connectivity index (χ1) is 11.1. The maximum absolute atomic E-state index is 13.6. The number of rotatable bonds is 4. The van der Waals surface area contributed by atoms with Crippen molar-refractivity contribution in [2.75, 3.05) is 31.9 Å². The monoisotopic (exact) mass is 334 g/mol. The Morgan fingerprint density at radius 2 is 2.00 bits per heavy atom. The van der Waals surface area contributed by atoms with Crippen LogP contribution < -0.4 is 5.73 Å². The van der Waals surface area contributed by atoms with E-state index in [-0.39, 0.29) is 18.1 Å². The van der Waals surface area contributed by atoms with Crippen LogP contribution in [0.3, 0.4) is 0 Å². The summed E-state index contributed by atoms with van der Waals surface area (Å²) in [6.07, 6.45) is 1.92. The van der Waals surface area contributed by atoms with E-state index < -0.39 is 0 Å². The summed E-state index contributed by atoms with van der Waals surface area (Å²) in [5.74, 6) is -0.334. The molecule has 0 radical (unpaired) electrons. The lowest BCUT2D eigenvalue weighted by Gasteiger charge is -2.34. The van der Waals surface area contributed by atoms with Crippen LogP contribution in [-0.4, -0.2) is 46.9 Å². The van der Waals surface area contributed by atoms with E-state index in [2.05, 4.69) is 9.88 Å². The number of benzene rings is 1. The lowest BCUT2D eigenvalue weighted by Crippen LogP contribution is -2.48. The SMILES string of the molecule is Nc1ncc(CN2CCN(C(=O)Cc3ccccc3F)CC2)s1. The van der Waals surface area contributed by atoms with Crippen LogP contribution in [0.1, 0.15) is 10.4 Å². The minimum Gasteiger partial charge on any atom is -0.375 e. The second-order valence-corrected chi connectivity index (χ2v) is 6.74. The van der Waals surface area contributed by atoms with Crippen molar-refractivity contribution in [1.82, 2.24) is 14.8 Å². The molecule has 1 aromatic carbocycles. The zero-order valence-electron chi connectivity index (χ0n) is 12.7. The maximum atomic E-state index is 13.6. The van der Waals surface area contributed by atoms with Crippen molar-refractivity contribution in [1.29, 1.82) is 0 Å². The Bertz CT molecular complexity index is 682. The van der Waals surface area contributed by atoms with Crippen molar-refractivity contribution in [3.05, 3.63) is 46.7 Å². The third-order valence-corrected chi connectivity index (χ3v) is 4.79. The zero-order chi connectivity index (χ0) is 16.2. The highest BCUT2D eigenvalue weighted by atomic mass is 32.1. The van der Waals surface area contributed by atoms with Crippen LogP contribution in [0, 0.1) is 5.82 Å². The predicted molar refractivity (Wildman–Crippen MR) is 88.5 cm³/mol. The van der Waals surface area contributed by atoms with Gasteiger partial charge in [-0.15, -0.1) is 11.3 Å². The highest BCUT2D eigenvalue weighted by molar-refractivity contribution is 7.15. The molecule has 2 N–H and O–H groups in total. The van der Waals surface area contributed by atoms with E-state index >= 15 is 0 Å². The molecule has 1 fully saturated rings. The second kappa shape index (κ2) is 7.06. The van der Waals surface area contributed by atoms with E-state index in [1.165, 1.54) is 17.4 Å². The fourth-order valence-corrected chi connectivity index (χ4v) is 3.41. The smallest absolute Gasteiger partial charge is 0.227 e. The molecular weight excluding hydrogens is 315 g/mol. The first kappa shape index (κ1) is 15.9. The topological polar surface area (TPSA) is 62.5 Å². The van der Waals surface area contributed by atoms with Gasteiger partial charge in [0.05, 0.1) is 6.42 Å².